The molecule has 1 N–H and O–H groups in total. The first-order valence-electron chi connectivity index (χ1n) is 11.7. The molecule has 4 aromatic rings. The van der Waals surface area contributed by atoms with Crippen molar-refractivity contribution in [1.82, 2.24) is 9.88 Å². The van der Waals surface area contributed by atoms with Crippen molar-refractivity contribution in [2.75, 3.05) is 4.90 Å². The monoisotopic (exact) mass is 637 g/mol. The van der Waals surface area contributed by atoms with Gasteiger partial charge in [0.05, 0.1) is 23.5 Å². The molecule has 2 unspecified atom stereocenters. The lowest BCUT2D eigenvalue weighted by Crippen LogP contribution is -2.46. The van der Waals surface area contributed by atoms with Crippen molar-refractivity contribution >= 4 is 57.7 Å². The summed E-state index contributed by atoms with van der Waals surface area (Å²) in [5, 5.41) is 10.9. The van der Waals surface area contributed by atoms with E-state index in [4.69, 9.17) is 11.6 Å². The first kappa shape index (κ1) is 25.9. The molecule has 7 nitrogen and oxygen atoms in total. The summed E-state index contributed by atoms with van der Waals surface area (Å²) in [5.74, 6) is -2.26. The Kier molecular flexibility index (Phi) is 7.44. The molecule has 1 aliphatic heterocycles. The Morgan fingerprint density at radius 1 is 0.974 bits per heavy atom. The predicted molar refractivity (Wildman–Crippen MR) is 152 cm³/mol. The molecule has 38 heavy (non-hydrogen) atoms. The third kappa shape index (κ3) is 5.01. The van der Waals surface area contributed by atoms with Crippen LogP contribution in [0.4, 0.5) is 5.69 Å². The molecule has 5 rings (SSSR count). The van der Waals surface area contributed by atoms with Gasteiger partial charge in [0, 0.05) is 14.8 Å². The van der Waals surface area contributed by atoms with Crippen molar-refractivity contribution < 1.29 is 19.5 Å². The maximum absolute atomic E-state index is 14.5. The molecule has 1 aliphatic rings. The number of halogens is 2. The molecule has 0 spiro atoms. The largest absolute Gasteiger partial charge is 0.479 e. The number of rotatable bonds is 6. The Balaban J connectivity index is 1.77. The lowest BCUT2D eigenvalue weighted by Gasteiger charge is -2.35. The molecule has 2 atom stereocenters. The van der Waals surface area contributed by atoms with Crippen LogP contribution >= 0.6 is 34.2 Å². The van der Waals surface area contributed by atoms with Gasteiger partial charge in [-0.05, 0) is 76.2 Å². The number of benzene rings is 3. The van der Waals surface area contributed by atoms with Crippen LogP contribution in [0.3, 0.4) is 0 Å². The molecular formula is C29H21ClIN3O4. The van der Waals surface area contributed by atoms with Crippen LogP contribution in [-0.2, 0) is 16.1 Å². The molecule has 0 saturated carbocycles. The molecule has 0 radical (unpaired) electrons. The number of amides is 2. The maximum Gasteiger partial charge on any atom is 0.331 e. The molecule has 190 valence electrons. The standard InChI is InChI=1S/C29H21ClIN3O4/c30-20-11-9-19(10-12-20)25-28(36)33(17-22-8-4-5-15-32-22)24-14-13-21(31)16-23(24)27(35)34(25)26(29(37)38)18-6-2-1-3-7-18/h1-16,25-26H,17H2,(H,37,38). The maximum atomic E-state index is 14.5. The molecule has 0 bridgehead atoms. The molecule has 2 heterocycles. The van der Waals surface area contributed by atoms with Gasteiger partial charge < -0.3 is 14.9 Å². The van der Waals surface area contributed by atoms with E-state index in [1.54, 1.807) is 85.1 Å². The van der Waals surface area contributed by atoms with E-state index in [1.807, 2.05) is 12.1 Å². The fraction of sp³-hybridized carbons (Fsp3) is 0.103. The second kappa shape index (κ2) is 10.9. The van der Waals surface area contributed by atoms with Crippen molar-refractivity contribution in [1.29, 1.82) is 0 Å². The SMILES string of the molecule is O=C(O)C(c1ccccc1)N1C(=O)c2cc(I)ccc2N(Cc2ccccn2)C(=O)C1c1ccc(Cl)cc1. The number of aliphatic carboxylic acids is 1. The fourth-order valence-corrected chi connectivity index (χ4v) is 5.26. The van der Waals surface area contributed by atoms with Gasteiger partial charge in [0.15, 0.2) is 6.04 Å². The minimum absolute atomic E-state index is 0.0988. The summed E-state index contributed by atoms with van der Waals surface area (Å²) in [7, 11) is 0. The summed E-state index contributed by atoms with van der Waals surface area (Å²) in [5.41, 5.74) is 2.08. The van der Waals surface area contributed by atoms with Gasteiger partial charge >= 0.3 is 5.97 Å². The van der Waals surface area contributed by atoms with Crippen LogP contribution < -0.4 is 4.90 Å². The average molecular weight is 638 g/mol. The zero-order valence-corrected chi connectivity index (χ0v) is 22.8. The molecule has 0 fully saturated rings. The minimum atomic E-state index is -1.42. The normalized spacial score (nSPS) is 16.1. The highest BCUT2D eigenvalue weighted by molar-refractivity contribution is 14.1. The third-order valence-electron chi connectivity index (χ3n) is 6.35. The number of carbonyl (C=O) groups excluding carboxylic acids is 2. The number of carboxylic acids is 1. The van der Waals surface area contributed by atoms with E-state index in [1.165, 1.54) is 9.80 Å². The van der Waals surface area contributed by atoms with Gasteiger partial charge in [0.2, 0.25) is 0 Å². The molecule has 0 saturated heterocycles. The van der Waals surface area contributed by atoms with Crippen LogP contribution in [0.1, 0.15) is 39.3 Å². The molecular weight excluding hydrogens is 617 g/mol. The highest BCUT2D eigenvalue weighted by Gasteiger charge is 2.46. The quantitative estimate of drug-likeness (QED) is 0.266. The van der Waals surface area contributed by atoms with Gasteiger partial charge in [-0.25, -0.2) is 4.79 Å². The number of hydrogen-bond donors (Lipinski definition) is 1. The smallest absolute Gasteiger partial charge is 0.331 e. The molecule has 2 amide bonds. The summed E-state index contributed by atoms with van der Waals surface area (Å²) in [6.07, 6.45) is 1.64. The van der Waals surface area contributed by atoms with E-state index in [2.05, 4.69) is 27.6 Å². The number of carbonyl (C=O) groups is 3. The van der Waals surface area contributed by atoms with Crippen LogP contribution in [0.15, 0.2) is 97.2 Å². The topological polar surface area (TPSA) is 90.8 Å². The Bertz CT molecular complexity index is 1500. The zero-order valence-electron chi connectivity index (χ0n) is 19.9. The van der Waals surface area contributed by atoms with Gasteiger partial charge in [-0.2, -0.15) is 0 Å². The van der Waals surface area contributed by atoms with Gasteiger partial charge in [-0.3, -0.25) is 14.6 Å². The molecule has 9 heteroatoms. The van der Waals surface area contributed by atoms with Crippen molar-refractivity contribution in [2.45, 2.75) is 18.6 Å². The highest BCUT2D eigenvalue weighted by Crippen LogP contribution is 2.41. The second-order valence-corrected chi connectivity index (χ2v) is 10.4. The highest BCUT2D eigenvalue weighted by atomic mass is 127. The van der Waals surface area contributed by atoms with Crippen molar-refractivity contribution in [3.8, 4) is 0 Å². The number of carboxylic acid groups (broad SMARTS) is 1. The second-order valence-electron chi connectivity index (χ2n) is 8.72. The minimum Gasteiger partial charge on any atom is -0.479 e. The van der Waals surface area contributed by atoms with Gasteiger partial charge in [-0.1, -0.05) is 60.1 Å². The summed E-state index contributed by atoms with van der Waals surface area (Å²) in [4.78, 5) is 48.7. The van der Waals surface area contributed by atoms with Gasteiger partial charge in [-0.15, -0.1) is 0 Å². The number of anilines is 1. The first-order chi connectivity index (χ1) is 18.3. The zero-order chi connectivity index (χ0) is 26.8. The van der Waals surface area contributed by atoms with Crippen LogP contribution in [0.25, 0.3) is 0 Å². The van der Waals surface area contributed by atoms with Gasteiger partial charge in [0.1, 0.15) is 6.04 Å². The third-order valence-corrected chi connectivity index (χ3v) is 7.27. The predicted octanol–water partition coefficient (Wildman–Crippen LogP) is 5.90. The Hall–Kier alpha value is -3.76. The van der Waals surface area contributed by atoms with Crippen molar-refractivity contribution in [3.63, 3.8) is 0 Å². The van der Waals surface area contributed by atoms with E-state index in [0.29, 0.717) is 27.5 Å². The lowest BCUT2D eigenvalue weighted by molar-refractivity contribution is -0.144. The summed E-state index contributed by atoms with van der Waals surface area (Å²) in [6.45, 7) is 0.0988. The Labute approximate surface area is 237 Å². The fourth-order valence-electron chi connectivity index (χ4n) is 4.65. The van der Waals surface area contributed by atoms with E-state index in [9.17, 15) is 19.5 Å². The number of nitrogens with zero attached hydrogens (tertiary/aromatic N) is 3. The number of pyridine rings is 1. The lowest BCUT2D eigenvalue weighted by atomic mass is 9.97. The van der Waals surface area contributed by atoms with Gasteiger partial charge in [0.25, 0.3) is 11.8 Å². The van der Waals surface area contributed by atoms with Crippen LogP contribution in [-0.4, -0.2) is 32.8 Å². The summed E-state index contributed by atoms with van der Waals surface area (Å²) in [6, 6.07) is 22.9. The van der Waals surface area contributed by atoms with E-state index in [0.717, 1.165) is 3.57 Å². The Morgan fingerprint density at radius 2 is 1.68 bits per heavy atom. The van der Waals surface area contributed by atoms with E-state index >= 15 is 0 Å². The van der Waals surface area contributed by atoms with E-state index in [-0.39, 0.29) is 12.1 Å². The van der Waals surface area contributed by atoms with Crippen LogP contribution in [0.5, 0.6) is 0 Å². The number of hydrogen-bond acceptors (Lipinski definition) is 4. The van der Waals surface area contributed by atoms with E-state index < -0.39 is 29.9 Å². The molecule has 1 aromatic heterocycles. The Morgan fingerprint density at radius 3 is 2.34 bits per heavy atom. The van der Waals surface area contributed by atoms with Crippen molar-refractivity contribution in [3.05, 3.63) is 128 Å². The molecule has 0 aliphatic carbocycles. The van der Waals surface area contributed by atoms with Crippen LogP contribution in [0.2, 0.25) is 5.02 Å². The van der Waals surface area contributed by atoms with Crippen LogP contribution in [0, 0.1) is 3.57 Å². The molecule has 3 aromatic carbocycles. The van der Waals surface area contributed by atoms with Crippen molar-refractivity contribution in [2.24, 2.45) is 0 Å². The first-order valence-corrected chi connectivity index (χ1v) is 13.2. The average Bonchev–Trinajstić information content (AvgIpc) is 3.00. The summed E-state index contributed by atoms with van der Waals surface area (Å²) >= 11 is 8.24. The number of aromatic nitrogens is 1. The number of fused-ring (bicyclic) bond motifs is 1. The summed E-state index contributed by atoms with van der Waals surface area (Å²) < 4.78 is 0.774.